The van der Waals surface area contributed by atoms with Crippen molar-refractivity contribution in [3.05, 3.63) is 34.9 Å². The Morgan fingerprint density at radius 3 is 2.85 bits per heavy atom. The highest BCUT2D eigenvalue weighted by molar-refractivity contribution is 6.30. The van der Waals surface area contributed by atoms with Gasteiger partial charge in [-0.25, -0.2) is 0 Å². The second-order valence-electron chi connectivity index (χ2n) is 4.14. The summed E-state index contributed by atoms with van der Waals surface area (Å²) in [5.41, 5.74) is 6.32. The predicted molar refractivity (Wildman–Crippen MR) is 76.2 cm³/mol. The van der Waals surface area contributed by atoms with E-state index in [0.29, 0.717) is 18.2 Å². The molecule has 4 N–H and O–H groups in total. The minimum Gasteiger partial charge on any atom is -0.383 e. The van der Waals surface area contributed by atoms with Gasteiger partial charge in [0.2, 0.25) is 5.91 Å². The lowest BCUT2D eigenvalue weighted by Gasteiger charge is -2.14. The number of nitrogens with one attached hydrogen (secondary N) is 2. The Kier molecular flexibility index (Phi) is 7.00. The smallest absolute Gasteiger partial charge is 0.257 e. The van der Waals surface area contributed by atoms with Crippen LogP contribution >= 0.6 is 11.6 Å². The maximum Gasteiger partial charge on any atom is 0.257 e. The lowest BCUT2D eigenvalue weighted by Crippen LogP contribution is -2.53. The van der Waals surface area contributed by atoms with Gasteiger partial charge in [-0.1, -0.05) is 23.7 Å². The number of amides is 2. The van der Waals surface area contributed by atoms with Crippen molar-refractivity contribution in [2.75, 3.05) is 20.3 Å². The highest BCUT2D eigenvalue weighted by Crippen LogP contribution is 2.10. The molecular formula is C13H18ClN3O3. The van der Waals surface area contributed by atoms with E-state index in [1.165, 1.54) is 7.11 Å². The van der Waals surface area contributed by atoms with E-state index in [1.54, 1.807) is 24.3 Å². The Bertz CT molecular complexity index is 468. The number of carbonyl (C=O) groups is 2. The molecule has 1 atom stereocenters. The van der Waals surface area contributed by atoms with Crippen LogP contribution in [0.5, 0.6) is 0 Å². The number of methoxy groups -OCH3 is 1. The molecule has 6 nitrogen and oxygen atoms in total. The van der Waals surface area contributed by atoms with Crippen molar-refractivity contribution < 1.29 is 14.3 Å². The number of hydrogen-bond donors (Lipinski definition) is 3. The van der Waals surface area contributed by atoms with E-state index < -0.39 is 12.1 Å². The van der Waals surface area contributed by atoms with Crippen molar-refractivity contribution in [3.8, 4) is 0 Å². The molecule has 0 spiro atoms. The molecule has 0 aliphatic carbocycles. The van der Waals surface area contributed by atoms with E-state index in [9.17, 15) is 9.59 Å². The number of rotatable bonds is 7. The first-order valence-electron chi connectivity index (χ1n) is 6.09. The molecule has 20 heavy (non-hydrogen) atoms. The van der Waals surface area contributed by atoms with Gasteiger partial charge in [-0.15, -0.1) is 0 Å². The minimum atomic E-state index is -1.08. The summed E-state index contributed by atoms with van der Waals surface area (Å²) >= 11 is 5.82. The van der Waals surface area contributed by atoms with Gasteiger partial charge in [0, 0.05) is 18.7 Å². The Hall–Kier alpha value is -1.63. The average molecular weight is 300 g/mol. The molecule has 0 aliphatic rings. The maximum atomic E-state index is 11.7. The molecule has 0 saturated heterocycles. The number of nitrogens with two attached hydrogens (primary N) is 1. The Morgan fingerprint density at radius 1 is 1.45 bits per heavy atom. The van der Waals surface area contributed by atoms with Gasteiger partial charge in [0.05, 0.1) is 13.0 Å². The third kappa shape index (κ3) is 6.01. The number of ether oxygens (including phenoxy) is 1. The molecular weight excluding hydrogens is 282 g/mol. The monoisotopic (exact) mass is 299 g/mol. The standard InChI is InChI=1S/C13H18ClN3O3/c1-20-6-5-16-13(19)12(15)17-11(18)8-9-3-2-4-10(14)7-9/h2-4,7,12H,5-6,8,15H2,1H3,(H,16,19)(H,17,18). The van der Waals surface area contributed by atoms with Crippen LogP contribution in [-0.4, -0.2) is 38.2 Å². The van der Waals surface area contributed by atoms with Gasteiger partial charge in [0.15, 0.2) is 6.17 Å². The highest BCUT2D eigenvalue weighted by Gasteiger charge is 2.15. The molecule has 1 aromatic rings. The molecule has 0 radical (unpaired) electrons. The van der Waals surface area contributed by atoms with E-state index in [0.717, 1.165) is 5.56 Å². The van der Waals surface area contributed by atoms with E-state index in [2.05, 4.69) is 10.6 Å². The van der Waals surface area contributed by atoms with Crippen LogP contribution in [0.25, 0.3) is 0 Å². The third-order valence-corrected chi connectivity index (χ3v) is 2.69. The summed E-state index contributed by atoms with van der Waals surface area (Å²) in [6.45, 7) is 0.724. The van der Waals surface area contributed by atoms with Crippen molar-refractivity contribution in [2.45, 2.75) is 12.6 Å². The number of halogens is 1. The second-order valence-corrected chi connectivity index (χ2v) is 4.57. The van der Waals surface area contributed by atoms with Crippen LogP contribution in [-0.2, 0) is 20.7 Å². The van der Waals surface area contributed by atoms with E-state index in [-0.39, 0.29) is 12.3 Å². The van der Waals surface area contributed by atoms with Crippen LogP contribution in [0.3, 0.4) is 0 Å². The first kappa shape index (κ1) is 16.4. The number of benzene rings is 1. The van der Waals surface area contributed by atoms with Crippen LogP contribution < -0.4 is 16.4 Å². The van der Waals surface area contributed by atoms with Crippen LogP contribution in [0.15, 0.2) is 24.3 Å². The van der Waals surface area contributed by atoms with Crippen molar-refractivity contribution in [1.29, 1.82) is 0 Å². The molecule has 1 aromatic carbocycles. The average Bonchev–Trinajstić information content (AvgIpc) is 2.38. The van der Waals surface area contributed by atoms with Crippen LogP contribution in [0.4, 0.5) is 0 Å². The SMILES string of the molecule is COCCNC(=O)C(N)NC(=O)Cc1cccc(Cl)c1. The Morgan fingerprint density at radius 2 is 2.20 bits per heavy atom. The predicted octanol–water partition coefficient (Wildman–Crippen LogP) is 0.0461. The lowest BCUT2D eigenvalue weighted by molar-refractivity contribution is -0.128. The summed E-state index contributed by atoms with van der Waals surface area (Å²) in [5.74, 6) is -0.803. The van der Waals surface area contributed by atoms with Crippen LogP contribution in [0.1, 0.15) is 5.56 Å². The highest BCUT2D eigenvalue weighted by atomic mass is 35.5. The molecule has 2 amide bonds. The van der Waals surface area contributed by atoms with Gasteiger partial charge in [-0.05, 0) is 17.7 Å². The molecule has 1 rings (SSSR count). The van der Waals surface area contributed by atoms with E-state index in [1.807, 2.05) is 0 Å². The first-order chi connectivity index (χ1) is 9.52. The van der Waals surface area contributed by atoms with E-state index >= 15 is 0 Å². The largest absolute Gasteiger partial charge is 0.383 e. The summed E-state index contributed by atoms with van der Waals surface area (Å²) < 4.78 is 4.79. The molecule has 0 aliphatic heterocycles. The molecule has 0 fully saturated rings. The molecule has 1 unspecified atom stereocenters. The molecule has 0 saturated carbocycles. The maximum absolute atomic E-state index is 11.7. The van der Waals surface area contributed by atoms with Gasteiger partial charge in [0.1, 0.15) is 0 Å². The van der Waals surface area contributed by atoms with Crippen LogP contribution in [0, 0.1) is 0 Å². The summed E-state index contributed by atoms with van der Waals surface area (Å²) in [5, 5.41) is 5.51. The van der Waals surface area contributed by atoms with Crippen molar-refractivity contribution in [3.63, 3.8) is 0 Å². The van der Waals surface area contributed by atoms with Crippen molar-refractivity contribution in [2.24, 2.45) is 5.73 Å². The molecule has 0 aromatic heterocycles. The molecule has 0 heterocycles. The molecule has 0 bridgehead atoms. The lowest BCUT2D eigenvalue weighted by atomic mass is 10.1. The van der Waals surface area contributed by atoms with Gasteiger partial charge in [-0.3, -0.25) is 9.59 Å². The third-order valence-electron chi connectivity index (χ3n) is 2.46. The second kappa shape index (κ2) is 8.52. The summed E-state index contributed by atoms with van der Waals surface area (Å²) in [6.07, 6.45) is -0.974. The number of carbonyl (C=O) groups excluding carboxylic acids is 2. The quantitative estimate of drug-likeness (QED) is 0.490. The fraction of sp³-hybridized carbons (Fsp3) is 0.385. The first-order valence-corrected chi connectivity index (χ1v) is 6.46. The van der Waals surface area contributed by atoms with Crippen molar-refractivity contribution >= 4 is 23.4 Å². The molecule has 7 heteroatoms. The summed E-state index contributed by atoms with van der Waals surface area (Å²) in [6, 6.07) is 6.93. The normalized spacial score (nSPS) is 11.8. The van der Waals surface area contributed by atoms with Gasteiger partial charge in [-0.2, -0.15) is 0 Å². The van der Waals surface area contributed by atoms with Gasteiger partial charge < -0.3 is 21.1 Å². The minimum absolute atomic E-state index is 0.111. The zero-order valence-electron chi connectivity index (χ0n) is 11.2. The fourth-order valence-electron chi connectivity index (χ4n) is 1.51. The fourth-order valence-corrected chi connectivity index (χ4v) is 1.72. The van der Waals surface area contributed by atoms with Gasteiger partial charge in [0.25, 0.3) is 5.91 Å². The topological polar surface area (TPSA) is 93.4 Å². The zero-order valence-corrected chi connectivity index (χ0v) is 11.9. The Labute approximate surface area is 122 Å². The molecule has 110 valence electrons. The van der Waals surface area contributed by atoms with Crippen molar-refractivity contribution in [1.82, 2.24) is 10.6 Å². The van der Waals surface area contributed by atoms with Gasteiger partial charge >= 0.3 is 0 Å². The number of hydrogen-bond acceptors (Lipinski definition) is 4. The summed E-state index contributed by atoms with van der Waals surface area (Å²) in [4.78, 5) is 23.3. The zero-order chi connectivity index (χ0) is 15.0. The summed E-state index contributed by atoms with van der Waals surface area (Å²) in [7, 11) is 1.53. The Balaban J connectivity index is 2.39. The van der Waals surface area contributed by atoms with Crippen LogP contribution in [0.2, 0.25) is 5.02 Å². The van der Waals surface area contributed by atoms with E-state index in [4.69, 9.17) is 22.1 Å².